The fraction of sp³-hybridized carbons (Fsp3) is 0.692. The first-order valence-electron chi connectivity index (χ1n) is 6.49. The van der Waals surface area contributed by atoms with E-state index in [9.17, 15) is 0 Å². The summed E-state index contributed by atoms with van der Waals surface area (Å²) >= 11 is 0. The molecule has 0 spiro atoms. The molecule has 0 aliphatic heterocycles. The van der Waals surface area contributed by atoms with E-state index in [2.05, 4.69) is 22.2 Å². The van der Waals surface area contributed by atoms with E-state index in [0.29, 0.717) is 6.10 Å². The first-order valence-corrected chi connectivity index (χ1v) is 6.49. The van der Waals surface area contributed by atoms with Crippen LogP contribution < -0.4 is 10.1 Å². The van der Waals surface area contributed by atoms with Gasteiger partial charge in [-0.05, 0) is 39.2 Å². The SMILES string of the molecule is CCNCc1cnc(C)nc1OC1CCCC1. The molecule has 2 rings (SSSR count). The molecule has 1 N–H and O–H groups in total. The fourth-order valence-corrected chi connectivity index (χ4v) is 2.12. The van der Waals surface area contributed by atoms with Crippen LogP contribution in [0.3, 0.4) is 0 Å². The summed E-state index contributed by atoms with van der Waals surface area (Å²) in [5.74, 6) is 1.54. The van der Waals surface area contributed by atoms with Gasteiger partial charge in [0.25, 0.3) is 0 Å². The number of aromatic nitrogens is 2. The van der Waals surface area contributed by atoms with Crippen molar-refractivity contribution >= 4 is 0 Å². The number of hydrogen-bond acceptors (Lipinski definition) is 4. The van der Waals surface area contributed by atoms with Crippen LogP contribution in [0, 0.1) is 6.92 Å². The molecule has 4 nitrogen and oxygen atoms in total. The van der Waals surface area contributed by atoms with Crippen molar-refractivity contribution in [1.29, 1.82) is 0 Å². The summed E-state index contributed by atoms with van der Waals surface area (Å²) < 4.78 is 5.99. The molecular weight excluding hydrogens is 214 g/mol. The lowest BCUT2D eigenvalue weighted by molar-refractivity contribution is 0.198. The van der Waals surface area contributed by atoms with Gasteiger partial charge >= 0.3 is 0 Å². The molecule has 4 heteroatoms. The number of ether oxygens (including phenoxy) is 1. The van der Waals surface area contributed by atoms with Crippen molar-refractivity contribution in [3.63, 3.8) is 0 Å². The second-order valence-electron chi connectivity index (χ2n) is 4.55. The number of nitrogens with one attached hydrogen (secondary N) is 1. The van der Waals surface area contributed by atoms with E-state index in [1.165, 1.54) is 12.8 Å². The van der Waals surface area contributed by atoms with E-state index < -0.39 is 0 Å². The summed E-state index contributed by atoms with van der Waals surface area (Å²) in [6, 6.07) is 0. The molecule has 0 saturated heterocycles. The van der Waals surface area contributed by atoms with Gasteiger partial charge in [-0.15, -0.1) is 0 Å². The van der Waals surface area contributed by atoms with Crippen molar-refractivity contribution in [3.8, 4) is 5.88 Å². The van der Waals surface area contributed by atoms with E-state index in [1.807, 2.05) is 13.1 Å². The average molecular weight is 235 g/mol. The molecule has 1 aromatic heterocycles. The zero-order valence-corrected chi connectivity index (χ0v) is 10.7. The molecule has 1 aromatic rings. The van der Waals surface area contributed by atoms with Crippen molar-refractivity contribution in [2.45, 2.75) is 52.2 Å². The highest BCUT2D eigenvalue weighted by Gasteiger charge is 2.18. The monoisotopic (exact) mass is 235 g/mol. The zero-order valence-electron chi connectivity index (χ0n) is 10.7. The van der Waals surface area contributed by atoms with E-state index in [4.69, 9.17) is 4.74 Å². The molecule has 17 heavy (non-hydrogen) atoms. The molecule has 1 fully saturated rings. The molecule has 0 amide bonds. The Morgan fingerprint density at radius 1 is 1.41 bits per heavy atom. The van der Waals surface area contributed by atoms with Crippen LogP contribution >= 0.6 is 0 Å². The molecule has 0 atom stereocenters. The minimum absolute atomic E-state index is 0.352. The summed E-state index contributed by atoms with van der Waals surface area (Å²) in [6.45, 7) is 5.71. The maximum Gasteiger partial charge on any atom is 0.221 e. The first kappa shape index (κ1) is 12.3. The average Bonchev–Trinajstić information content (AvgIpc) is 2.81. The van der Waals surface area contributed by atoms with Crippen molar-refractivity contribution < 1.29 is 4.74 Å². The van der Waals surface area contributed by atoms with Crippen LogP contribution in [0.15, 0.2) is 6.20 Å². The van der Waals surface area contributed by atoms with E-state index in [1.54, 1.807) is 0 Å². The topological polar surface area (TPSA) is 47.0 Å². The molecular formula is C13H21N3O. The first-order chi connectivity index (χ1) is 8.29. The minimum atomic E-state index is 0.352. The van der Waals surface area contributed by atoms with Gasteiger partial charge in [-0.1, -0.05) is 6.92 Å². The van der Waals surface area contributed by atoms with Crippen molar-refractivity contribution in [1.82, 2.24) is 15.3 Å². The molecule has 1 saturated carbocycles. The van der Waals surface area contributed by atoms with Crippen LogP contribution in [0.2, 0.25) is 0 Å². The maximum atomic E-state index is 5.99. The Balaban J connectivity index is 2.08. The van der Waals surface area contributed by atoms with Gasteiger partial charge in [0.05, 0.1) is 0 Å². The van der Waals surface area contributed by atoms with Crippen LogP contribution in [0.5, 0.6) is 5.88 Å². The van der Waals surface area contributed by atoms with Crippen molar-refractivity contribution in [2.75, 3.05) is 6.54 Å². The van der Waals surface area contributed by atoms with E-state index in [0.717, 1.165) is 43.2 Å². The number of aryl methyl sites for hydroxylation is 1. The van der Waals surface area contributed by atoms with E-state index in [-0.39, 0.29) is 0 Å². The summed E-state index contributed by atoms with van der Waals surface area (Å²) in [5, 5.41) is 3.29. The highest BCUT2D eigenvalue weighted by atomic mass is 16.5. The second kappa shape index (κ2) is 5.96. The van der Waals surface area contributed by atoms with Crippen LogP contribution in [0.25, 0.3) is 0 Å². The lowest BCUT2D eigenvalue weighted by atomic mass is 10.3. The Kier molecular flexibility index (Phi) is 4.31. The summed E-state index contributed by atoms with van der Waals surface area (Å²) in [6.07, 6.45) is 7.08. The Morgan fingerprint density at radius 2 is 2.18 bits per heavy atom. The Hall–Kier alpha value is -1.16. The van der Waals surface area contributed by atoms with Gasteiger partial charge in [-0.2, -0.15) is 4.98 Å². The Morgan fingerprint density at radius 3 is 2.88 bits per heavy atom. The third kappa shape index (κ3) is 3.40. The number of hydrogen-bond donors (Lipinski definition) is 1. The smallest absolute Gasteiger partial charge is 0.221 e. The predicted octanol–water partition coefficient (Wildman–Crippen LogP) is 2.22. The quantitative estimate of drug-likeness (QED) is 0.850. The predicted molar refractivity (Wildman–Crippen MR) is 67.0 cm³/mol. The molecule has 0 radical (unpaired) electrons. The Bertz CT molecular complexity index is 362. The minimum Gasteiger partial charge on any atom is -0.474 e. The molecule has 0 aromatic carbocycles. The Labute approximate surface area is 103 Å². The molecule has 0 bridgehead atoms. The van der Waals surface area contributed by atoms with Crippen molar-refractivity contribution in [3.05, 3.63) is 17.6 Å². The van der Waals surface area contributed by atoms with Crippen LogP contribution in [-0.2, 0) is 6.54 Å². The second-order valence-corrected chi connectivity index (χ2v) is 4.55. The molecule has 1 aliphatic rings. The van der Waals surface area contributed by atoms with Gasteiger partial charge in [0, 0.05) is 18.3 Å². The number of rotatable bonds is 5. The van der Waals surface area contributed by atoms with Crippen molar-refractivity contribution in [2.24, 2.45) is 0 Å². The van der Waals surface area contributed by atoms with Gasteiger partial charge in [0.15, 0.2) is 0 Å². The van der Waals surface area contributed by atoms with E-state index >= 15 is 0 Å². The molecule has 1 aliphatic carbocycles. The van der Waals surface area contributed by atoms with Gasteiger partial charge in [-0.3, -0.25) is 0 Å². The third-order valence-corrected chi connectivity index (χ3v) is 3.09. The largest absolute Gasteiger partial charge is 0.474 e. The van der Waals surface area contributed by atoms with Gasteiger partial charge < -0.3 is 10.1 Å². The highest BCUT2D eigenvalue weighted by Crippen LogP contribution is 2.24. The lowest BCUT2D eigenvalue weighted by Gasteiger charge is -2.15. The third-order valence-electron chi connectivity index (χ3n) is 3.09. The summed E-state index contributed by atoms with van der Waals surface area (Å²) in [4.78, 5) is 8.65. The fourth-order valence-electron chi connectivity index (χ4n) is 2.12. The normalized spacial score (nSPS) is 16.4. The number of nitrogens with zero attached hydrogens (tertiary/aromatic N) is 2. The van der Waals surface area contributed by atoms with Gasteiger partial charge in [-0.25, -0.2) is 4.98 Å². The van der Waals surface area contributed by atoms with Gasteiger partial charge in [0.2, 0.25) is 5.88 Å². The van der Waals surface area contributed by atoms with Gasteiger partial charge in [0.1, 0.15) is 11.9 Å². The molecule has 1 heterocycles. The highest BCUT2D eigenvalue weighted by molar-refractivity contribution is 5.23. The van der Waals surface area contributed by atoms with Crippen LogP contribution in [-0.4, -0.2) is 22.6 Å². The summed E-state index contributed by atoms with van der Waals surface area (Å²) in [5.41, 5.74) is 1.06. The zero-order chi connectivity index (χ0) is 12.1. The molecule has 0 unspecified atom stereocenters. The molecule has 94 valence electrons. The standard InChI is InChI=1S/C13H21N3O/c1-3-14-8-11-9-15-10(2)16-13(11)17-12-6-4-5-7-12/h9,12,14H,3-8H2,1-2H3. The van der Waals surface area contributed by atoms with Crippen LogP contribution in [0.1, 0.15) is 44.0 Å². The maximum absolute atomic E-state index is 5.99. The summed E-state index contributed by atoms with van der Waals surface area (Å²) in [7, 11) is 0. The van der Waals surface area contributed by atoms with Crippen LogP contribution in [0.4, 0.5) is 0 Å². The lowest BCUT2D eigenvalue weighted by Crippen LogP contribution is -2.18.